The maximum absolute atomic E-state index is 13.2. The van der Waals surface area contributed by atoms with Gasteiger partial charge in [0.25, 0.3) is 0 Å². The van der Waals surface area contributed by atoms with Gasteiger partial charge in [-0.3, -0.25) is 14.5 Å². The Kier molecular flexibility index (Phi) is 5.14. The molecule has 31 heavy (non-hydrogen) atoms. The summed E-state index contributed by atoms with van der Waals surface area (Å²) in [6, 6.07) is 0. The van der Waals surface area contributed by atoms with Crippen LogP contribution in [0.2, 0.25) is 0 Å². The number of esters is 1. The third-order valence-electron chi connectivity index (χ3n) is 8.42. The molecule has 3 aliphatic carbocycles. The maximum atomic E-state index is 13.2. The minimum absolute atomic E-state index is 0.0910. The predicted octanol–water partition coefficient (Wildman–Crippen LogP) is 4.50. The Balaban J connectivity index is 1.73. The standard InChI is InChI=1S/C25H35NO5/c1-23(2,3)31-22(29)26-14-16-17-7-8-19(21(28)30-6)24(17,4)12-10-18(16)25(5)11-9-15(27)13-20(25)26/h9,11,13,16-19H,7-8,10,12,14H2,1-6H3/t16-,17-,18-,19+,24-,25+/m0/s1. The van der Waals surface area contributed by atoms with Gasteiger partial charge in [-0.1, -0.05) is 19.9 Å². The van der Waals surface area contributed by atoms with Crippen molar-refractivity contribution in [3.8, 4) is 0 Å². The number of ether oxygens (including phenoxy) is 2. The van der Waals surface area contributed by atoms with E-state index in [1.165, 1.54) is 7.11 Å². The van der Waals surface area contributed by atoms with Crippen LogP contribution in [0.4, 0.5) is 4.79 Å². The average Bonchev–Trinajstić information content (AvgIpc) is 3.03. The van der Waals surface area contributed by atoms with Crippen molar-refractivity contribution in [1.82, 2.24) is 4.90 Å². The lowest BCUT2D eigenvalue weighted by Gasteiger charge is -2.58. The lowest BCUT2D eigenvalue weighted by molar-refractivity contribution is -0.153. The van der Waals surface area contributed by atoms with E-state index in [2.05, 4.69) is 13.8 Å². The highest BCUT2D eigenvalue weighted by atomic mass is 16.6. The Morgan fingerprint density at radius 1 is 1.13 bits per heavy atom. The molecule has 6 heteroatoms. The summed E-state index contributed by atoms with van der Waals surface area (Å²) in [4.78, 5) is 39.7. The van der Waals surface area contributed by atoms with Gasteiger partial charge >= 0.3 is 12.1 Å². The van der Waals surface area contributed by atoms with Crippen LogP contribution in [0.15, 0.2) is 23.9 Å². The van der Waals surface area contributed by atoms with E-state index in [4.69, 9.17) is 9.47 Å². The minimum atomic E-state index is -0.621. The highest BCUT2D eigenvalue weighted by Crippen LogP contribution is 2.65. The quantitative estimate of drug-likeness (QED) is 0.574. The van der Waals surface area contributed by atoms with Gasteiger partial charge in [-0.2, -0.15) is 0 Å². The maximum Gasteiger partial charge on any atom is 0.414 e. The number of hydrogen-bond donors (Lipinski definition) is 0. The zero-order chi connectivity index (χ0) is 22.8. The van der Waals surface area contributed by atoms with E-state index in [0.717, 1.165) is 31.4 Å². The van der Waals surface area contributed by atoms with Crippen molar-refractivity contribution in [3.63, 3.8) is 0 Å². The molecule has 2 saturated carbocycles. The molecular weight excluding hydrogens is 394 g/mol. The normalized spacial score (nSPS) is 39.2. The van der Waals surface area contributed by atoms with Gasteiger partial charge in [0.1, 0.15) is 5.60 Å². The molecule has 0 unspecified atom stereocenters. The van der Waals surface area contributed by atoms with Crippen LogP contribution in [0.1, 0.15) is 60.3 Å². The third kappa shape index (κ3) is 3.42. The van der Waals surface area contributed by atoms with Gasteiger partial charge in [0, 0.05) is 23.7 Å². The van der Waals surface area contributed by atoms with Crippen LogP contribution in [0.25, 0.3) is 0 Å². The Labute approximate surface area is 185 Å². The van der Waals surface area contributed by atoms with Gasteiger partial charge in [0.2, 0.25) is 0 Å². The van der Waals surface area contributed by atoms with Gasteiger partial charge < -0.3 is 9.47 Å². The Morgan fingerprint density at radius 2 is 1.84 bits per heavy atom. The number of rotatable bonds is 1. The fourth-order valence-electron chi connectivity index (χ4n) is 6.98. The van der Waals surface area contributed by atoms with Crippen molar-refractivity contribution in [3.05, 3.63) is 23.9 Å². The smallest absolute Gasteiger partial charge is 0.414 e. The number of ketones is 1. The molecule has 6 nitrogen and oxygen atoms in total. The molecule has 1 aliphatic heterocycles. The molecule has 0 aromatic carbocycles. The third-order valence-corrected chi connectivity index (χ3v) is 8.42. The molecule has 0 aromatic rings. The molecule has 3 fully saturated rings. The van der Waals surface area contributed by atoms with Gasteiger partial charge in [-0.25, -0.2) is 4.79 Å². The van der Waals surface area contributed by atoms with Crippen LogP contribution in [-0.4, -0.2) is 42.0 Å². The number of carbonyl (C=O) groups is 3. The minimum Gasteiger partial charge on any atom is -0.469 e. The second-order valence-electron chi connectivity index (χ2n) is 11.2. The van der Waals surface area contributed by atoms with Gasteiger partial charge in [-0.05, 0) is 75.7 Å². The van der Waals surface area contributed by atoms with Crippen LogP contribution < -0.4 is 0 Å². The number of methoxy groups -OCH3 is 1. The zero-order valence-corrected chi connectivity index (χ0v) is 19.6. The Morgan fingerprint density at radius 3 is 2.48 bits per heavy atom. The van der Waals surface area contributed by atoms with Crippen LogP contribution in [-0.2, 0) is 19.1 Å². The summed E-state index contributed by atoms with van der Waals surface area (Å²) in [5.41, 5.74) is -0.399. The number of amides is 1. The molecule has 0 spiro atoms. The molecular formula is C25H35NO5. The van der Waals surface area contributed by atoms with Gasteiger partial charge in [0.15, 0.2) is 5.78 Å². The van der Waals surface area contributed by atoms with Gasteiger partial charge in [0.05, 0.1) is 13.0 Å². The molecule has 0 N–H and O–H groups in total. The lowest BCUT2D eigenvalue weighted by Crippen LogP contribution is -2.58. The van der Waals surface area contributed by atoms with E-state index in [9.17, 15) is 14.4 Å². The van der Waals surface area contributed by atoms with Crippen molar-refractivity contribution in [2.24, 2.45) is 34.5 Å². The molecule has 0 aromatic heterocycles. The zero-order valence-electron chi connectivity index (χ0n) is 19.6. The second kappa shape index (κ2) is 7.21. The number of allylic oxidation sites excluding steroid dienone is 3. The summed E-state index contributed by atoms with van der Waals surface area (Å²) in [5.74, 6) is 0.582. The van der Waals surface area contributed by atoms with E-state index in [0.29, 0.717) is 18.4 Å². The first-order chi connectivity index (χ1) is 14.4. The van der Waals surface area contributed by atoms with E-state index in [1.807, 2.05) is 26.8 Å². The van der Waals surface area contributed by atoms with Crippen molar-refractivity contribution >= 4 is 17.8 Å². The number of nitrogens with zero attached hydrogens (tertiary/aromatic N) is 1. The molecule has 170 valence electrons. The van der Waals surface area contributed by atoms with Crippen LogP contribution in [0.5, 0.6) is 0 Å². The average molecular weight is 430 g/mol. The molecule has 0 radical (unpaired) electrons. The summed E-state index contributed by atoms with van der Waals surface area (Å²) in [6.07, 6.45) is 8.54. The molecule has 4 rings (SSSR count). The largest absolute Gasteiger partial charge is 0.469 e. The highest BCUT2D eigenvalue weighted by Gasteiger charge is 2.62. The number of carbonyl (C=O) groups excluding carboxylic acids is 3. The van der Waals surface area contributed by atoms with Crippen molar-refractivity contribution in [2.45, 2.75) is 65.9 Å². The lowest BCUT2D eigenvalue weighted by atomic mass is 9.50. The Hall–Kier alpha value is -2.11. The SMILES string of the molecule is COC(=O)[C@H]1CC[C@H]2[C@@H]3CN(C(=O)OC(C)(C)C)C4=CC(=O)C=C[C@]4(C)[C@H]3CC[C@]12C. The number of fused-ring (bicyclic) bond motifs is 5. The summed E-state index contributed by atoms with van der Waals surface area (Å²) in [5, 5.41) is 0. The van der Waals surface area contributed by atoms with Crippen molar-refractivity contribution < 1.29 is 23.9 Å². The summed E-state index contributed by atoms with van der Waals surface area (Å²) in [7, 11) is 1.47. The van der Waals surface area contributed by atoms with Gasteiger partial charge in [-0.15, -0.1) is 0 Å². The van der Waals surface area contributed by atoms with E-state index >= 15 is 0 Å². The summed E-state index contributed by atoms with van der Waals surface area (Å²) < 4.78 is 10.9. The molecule has 4 aliphatic rings. The van der Waals surface area contributed by atoms with Crippen LogP contribution in [0, 0.1) is 34.5 Å². The molecule has 1 amide bonds. The predicted molar refractivity (Wildman–Crippen MR) is 116 cm³/mol. The van der Waals surface area contributed by atoms with Crippen molar-refractivity contribution in [1.29, 1.82) is 0 Å². The Bertz CT molecular complexity index is 868. The topological polar surface area (TPSA) is 72.9 Å². The summed E-state index contributed by atoms with van der Waals surface area (Å²) >= 11 is 0. The van der Waals surface area contributed by atoms with E-state index in [-0.39, 0.29) is 29.0 Å². The first kappa shape index (κ1) is 22.1. The molecule has 0 bridgehead atoms. The highest BCUT2D eigenvalue weighted by molar-refractivity contribution is 6.01. The first-order valence-corrected chi connectivity index (χ1v) is 11.4. The monoisotopic (exact) mass is 429 g/mol. The number of hydrogen-bond acceptors (Lipinski definition) is 5. The molecule has 1 saturated heterocycles. The first-order valence-electron chi connectivity index (χ1n) is 11.4. The fourth-order valence-corrected chi connectivity index (χ4v) is 6.98. The molecule has 1 heterocycles. The van der Waals surface area contributed by atoms with Crippen molar-refractivity contribution in [2.75, 3.05) is 13.7 Å². The molecule has 6 atom stereocenters. The van der Waals surface area contributed by atoms with Crippen LogP contribution >= 0.6 is 0 Å². The summed E-state index contributed by atoms with van der Waals surface area (Å²) in [6.45, 7) is 10.5. The van der Waals surface area contributed by atoms with Crippen LogP contribution in [0.3, 0.4) is 0 Å². The fraction of sp³-hybridized carbons (Fsp3) is 0.720. The number of piperidine rings is 1. The van der Waals surface area contributed by atoms with E-state index < -0.39 is 17.1 Å². The second-order valence-corrected chi connectivity index (χ2v) is 11.2. The van der Waals surface area contributed by atoms with E-state index in [1.54, 1.807) is 17.1 Å². The number of likely N-dealkylation sites (tertiary alicyclic amines) is 1.